The molecule has 0 aromatic heterocycles. The van der Waals surface area contributed by atoms with Crippen LogP contribution in [0.5, 0.6) is 0 Å². The van der Waals surface area contributed by atoms with E-state index in [-0.39, 0.29) is 11.7 Å². The van der Waals surface area contributed by atoms with Crippen molar-refractivity contribution in [2.75, 3.05) is 19.6 Å². The third-order valence-corrected chi connectivity index (χ3v) is 4.01. The average molecular weight is 292 g/mol. The van der Waals surface area contributed by atoms with E-state index in [1.807, 2.05) is 12.1 Å². The summed E-state index contributed by atoms with van der Waals surface area (Å²) in [4.78, 5) is 14.9. The summed E-state index contributed by atoms with van der Waals surface area (Å²) < 4.78 is 0. The van der Waals surface area contributed by atoms with E-state index in [1.165, 1.54) is 5.57 Å². The van der Waals surface area contributed by atoms with Gasteiger partial charge in [0, 0.05) is 29.6 Å². The zero-order valence-corrected chi connectivity index (χ0v) is 13.0. The van der Waals surface area contributed by atoms with Gasteiger partial charge in [-0.15, -0.1) is 0 Å². The fraction of sp³-hybridized carbons (Fsp3) is 0.471. The zero-order chi connectivity index (χ0) is 14.5. The van der Waals surface area contributed by atoms with Crippen LogP contribution in [0, 0.1) is 5.92 Å². The highest BCUT2D eigenvalue weighted by Crippen LogP contribution is 2.22. The lowest BCUT2D eigenvalue weighted by molar-refractivity contribution is 0.0831. The van der Waals surface area contributed by atoms with Gasteiger partial charge in [0.15, 0.2) is 5.78 Å². The number of rotatable bonds is 4. The Labute approximate surface area is 126 Å². The normalized spacial score (nSPS) is 19.6. The third-order valence-electron chi connectivity index (χ3n) is 3.76. The largest absolute Gasteiger partial charge is 0.299 e. The van der Waals surface area contributed by atoms with E-state index in [0.29, 0.717) is 5.02 Å². The molecule has 0 bridgehead atoms. The Morgan fingerprint density at radius 2 is 2.05 bits per heavy atom. The molecule has 20 heavy (non-hydrogen) atoms. The molecule has 1 fully saturated rings. The number of hydrogen-bond donors (Lipinski definition) is 0. The van der Waals surface area contributed by atoms with Crippen molar-refractivity contribution in [3.63, 3.8) is 0 Å². The Morgan fingerprint density at radius 3 is 2.70 bits per heavy atom. The van der Waals surface area contributed by atoms with Gasteiger partial charge in [-0.25, -0.2) is 0 Å². The van der Waals surface area contributed by atoms with Gasteiger partial charge in [-0.1, -0.05) is 23.3 Å². The smallest absolute Gasteiger partial charge is 0.167 e. The molecule has 0 amide bonds. The van der Waals surface area contributed by atoms with E-state index >= 15 is 0 Å². The molecule has 1 aromatic rings. The number of allylic oxidation sites excluding steroid dienone is 1. The molecule has 1 aromatic carbocycles. The van der Waals surface area contributed by atoms with Gasteiger partial charge < -0.3 is 0 Å². The highest BCUT2D eigenvalue weighted by atomic mass is 35.5. The van der Waals surface area contributed by atoms with Crippen LogP contribution < -0.4 is 0 Å². The van der Waals surface area contributed by atoms with E-state index in [2.05, 4.69) is 24.8 Å². The van der Waals surface area contributed by atoms with Crippen molar-refractivity contribution in [3.05, 3.63) is 46.5 Å². The van der Waals surface area contributed by atoms with Crippen molar-refractivity contribution in [2.24, 2.45) is 5.92 Å². The van der Waals surface area contributed by atoms with Gasteiger partial charge in [-0.05, 0) is 57.5 Å². The van der Waals surface area contributed by atoms with Crippen LogP contribution in [-0.2, 0) is 0 Å². The molecule has 1 atom stereocenters. The first-order chi connectivity index (χ1) is 9.56. The Balaban J connectivity index is 1.99. The Kier molecular flexibility index (Phi) is 5.38. The Hall–Kier alpha value is -1.12. The van der Waals surface area contributed by atoms with Crippen LogP contribution in [0.3, 0.4) is 0 Å². The van der Waals surface area contributed by atoms with Crippen LogP contribution in [0.15, 0.2) is 35.9 Å². The molecule has 1 unspecified atom stereocenters. The first kappa shape index (κ1) is 15.3. The number of ketones is 1. The number of hydrogen-bond acceptors (Lipinski definition) is 2. The number of piperidine rings is 1. The van der Waals surface area contributed by atoms with Crippen LogP contribution in [0.1, 0.15) is 37.0 Å². The molecular formula is C17H22ClNO. The van der Waals surface area contributed by atoms with Crippen LogP contribution in [0.25, 0.3) is 0 Å². The molecule has 1 aliphatic heterocycles. The number of carbonyl (C=O) groups is 1. The summed E-state index contributed by atoms with van der Waals surface area (Å²) in [6.45, 7) is 7.13. The molecular weight excluding hydrogens is 270 g/mol. The number of nitrogens with zero attached hydrogens (tertiary/aromatic N) is 1. The predicted molar refractivity (Wildman–Crippen MR) is 84.4 cm³/mol. The second kappa shape index (κ2) is 7.05. The molecule has 1 heterocycles. The second-order valence-electron chi connectivity index (χ2n) is 5.75. The number of likely N-dealkylation sites (tertiary alicyclic amines) is 1. The van der Waals surface area contributed by atoms with Crippen molar-refractivity contribution in [3.8, 4) is 0 Å². The van der Waals surface area contributed by atoms with Gasteiger partial charge in [0.1, 0.15) is 0 Å². The van der Waals surface area contributed by atoms with E-state index in [1.54, 1.807) is 12.1 Å². The lowest BCUT2D eigenvalue weighted by Gasteiger charge is -2.31. The van der Waals surface area contributed by atoms with E-state index < -0.39 is 0 Å². The maximum absolute atomic E-state index is 12.5. The fourth-order valence-electron chi connectivity index (χ4n) is 2.60. The van der Waals surface area contributed by atoms with Crippen LogP contribution in [-0.4, -0.2) is 30.3 Å². The molecule has 2 rings (SSSR count). The van der Waals surface area contributed by atoms with Gasteiger partial charge in [-0.3, -0.25) is 9.69 Å². The van der Waals surface area contributed by atoms with Crippen LogP contribution in [0.2, 0.25) is 5.02 Å². The van der Waals surface area contributed by atoms with Gasteiger partial charge in [0.2, 0.25) is 0 Å². The third kappa shape index (κ3) is 4.19. The minimum Gasteiger partial charge on any atom is -0.299 e. The highest BCUT2D eigenvalue weighted by molar-refractivity contribution is 6.30. The maximum Gasteiger partial charge on any atom is 0.167 e. The highest BCUT2D eigenvalue weighted by Gasteiger charge is 2.25. The molecule has 0 spiro atoms. The minimum atomic E-state index is 0.121. The Morgan fingerprint density at radius 1 is 1.35 bits per heavy atom. The lowest BCUT2D eigenvalue weighted by Crippen LogP contribution is -2.38. The average Bonchev–Trinajstić information content (AvgIpc) is 2.45. The summed E-state index contributed by atoms with van der Waals surface area (Å²) in [5.41, 5.74) is 2.11. The lowest BCUT2D eigenvalue weighted by atomic mass is 9.90. The zero-order valence-electron chi connectivity index (χ0n) is 12.2. The van der Waals surface area contributed by atoms with Crippen LogP contribution >= 0.6 is 11.6 Å². The van der Waals surface area contributed by atoms with Gasteiger partial charge in [0.05, 0.1) is 0 Å². The summed E-state index contributed by atoms with van der Waals surface area (Å²) in [5, 5.41) is 0.676. The van der Waals surface area contributed by atoms with Gasteiger partial charge in [0.25, 0.3) is 0 Å². The monoisotopic (exact) mass is 291 g/mol. The van der Waals surface area contributed by atoms with Crippen molar-refractivity contribution in [2.45, 2.75) is 26.7 Å². The predicted octanol–water partition coefficient (Wildman–Crippen LogP) is 4.20. The minimum absolute atomic E-state index is 0.121. The van der Waals surface area contributed by atoms with Gasteiger partial charge in [-0.2, -0.15) is 0 Å². The first-order valence-corrected chi connectivity index (χ1v) is 7.59. The number of carbonyl (C=O) groups excluding carboxylic acids is 1. The molecule has 0 saturated carbocycles. The van der Waals surface area contributed by atoms with Crippen molar-refractivity contribution in [1.82, 2.24) is 4.90 Å². The molecule has 0 aliphatic carbocycles. The SMILES string of the molecule is CC(C)=CCN1CCCC(C(=O)c2ccc(Cl)cc2)C1. The molecule has 108 valence electrons. The Bertz CT molecular complexity index is 488. The van der Waals surface area contributed by atoms with Crippen molar-refractivity contribution >= 4 is 17.4 Å². The quantitative estimate of drug-likeness (QED) is 0.612. The maximum atomic E-state index is 12.5. The summed E-state index contributed by atoms with van der Waals surface area (Å²) in [5.74, 6) is 0.374. The number of benzene rings is 1. The summed E-state index contributed by atoms with van der Waals surface area (Å²) in [6, 6.07) is 7.25. The molecule has 0 radical (unpaired) electrons. The summed E-state index contributed by atoms with van der Waals surface area (Å²) in [7, 11) is 0. The van der Waals surface area contributed by atoms with Crippen molar-refractivity contribution in [1.29, 1.82) is 0 Å². The number of Topliss-reactive ketones (excluding diaryl/α,β-unsaturated/α-hetero) is 1. The van der Waals surface area contributed by atoms with E-state index in [9.17, 15) is 4.79 Å². The van der Waals surface area contributed by atoms with Crippen molar-refractivity contribution < 1.29 is 4.79 Å². The molecule has 2 nitrogen and oxygen atoms in total. The fourth-order valence-corrected chi connectivity index (χ4v) is 2.72. The van der Waals surface area contributed by atoms with E-state index in [4.69, 9.17) is 11.6 Å². The topological polar surface area (TPSA) is 20.3 Å². The van der Waals surface area contributed by atoms with Crippen LogP contribution in [0.4, 0.5) is 0 Å². The van der Waals surface area contributed by atoms with E-state index in [0.717, 1.165) is 38.0 Å². The summed E-state index contributed by atoms with van der Waals surface area (Å²) >= 11 is 5.87. The second-order valence-corrected chi connectivity index (χ2v) is 6.19. The molecule has 1 aliphatic rings. The number of halogens is 1. The standard InChI is InChI=1S/C17H22ClNO/c1-13(2)9-11-19-10-3-4-15(12-19)17(20)14-5-7-16(18)8-6-14/h5-9,15H,3-4,10-12H2,1-2H3. The first-order valence-electron chi connectivity index (χ1n) is 7.22. The summed E-state index contributed by atoms with van der Waals surface area (Å²) in [6.07, 6.45) is 4.32. The molecule has 3 heteroatoms. The molecule has 1 saturated heterocycles. The van der Waals surface area contributed by atoms with Gasteiger partial charge >= 0.3 is 0 Å². The molecule has 0 N–H and O–H groups in total.